The zero-order valence-corrected chi connectivity index (χ0v) is 23.7. The van der Waals surface area contributed by atoms with Gasteiger partial charge in [-0.05, 0) is 95.4 Å². The van der Waals surface area contributed by atoms with Crippen LogP contribution in [0.4, 0.5) is 0 Å². The van der Waals surface area contributed by atoms with Crippen LogP contribution in [0.3, 0.4) is 0 Å². The highest BCUT2D eigenvalue weighted by molar-refractivity contribution is 9.10. The molecule has 0 spiro atoms. The number of halogens is 2. The molecule has 1 heterocycles. The van der Waals surface area contributed by atoms with E-state index in [1.54, 1.807) is 30.3 Å². The molecule has 0 aliphatic carbocycles. The molecule has 180 valence electrons. The number of carbonyl (C=O) groups excluding carboxylic acids is 2. The monoisotopic (exact) mass is 626 g/mol. The zero-order chi connectivity index (χ0) is 24.8. The van der Waals surface area contributed by atoms with Crippen LogP contribution in [-0.4, -0.2) is 34.4 Å². The fourth-order valence-corrected chi connectivity index (χ4v) is 4.97. The summed E-state index contributed by atoms with van der Waals surface area (Å²) < 4.78 is 13.6. The number of hydrazine groups is 1. The van der Waals surface area contributed by atoms with Crippen LogP contribution in [0.15, 0.2) is 50.2 Å². The van der Waals surface area contributed by atoms with Crippen molar-refractivity contribution in [2.45, 2.75) is 27.2 Å². The van der Waals surface area contributed by atoms with E-state index in [9.17, 15) is 9.59 Å². The molecule has 0 aromatic heterocycles. The van der Waals surface area contributed by atoms with Crippen LogP contribution < -0.4 is 14.9 Å². The van der Waals surface area contributed by atoms with Gasteiger partial charge in [-0.15, -0.1) is 0 Å². The third-order valence-corrected chi connectivity index (χ3v) is 7.10. The molecular formula is C24H24Br2N2O4S2. The second-order valence-electron chi connectivity index (χ2n) is 7.76. The Labute approximate surface area is 225 Å². The molecule has 0 radical (unpaired) electrons. The Morgan fingerprint density at radius 3 is 2.56 bits per heavy atom. The van der Waals surface area contributed by atoms with Crippen molar-refractivity contribution in [2.24, 2.45) is 5.92 Å². The van der Waals surface area contributed by atoms with Gasteiger partial charge in [-0.1, -0.05) is 41.5 Å². The summed E-state index contributed by atoms with van der Waals surface area (Å²) in [6.07, 6.45) is 2.64. The number of thiocarbonyl (C=S) groups is 1. The Balaban J connectivity index is 1.79. The largest absolute Gasteiger partial charge is 0.490 e. The Morgan fingerprint density at radius 1 is 1.21 bits per heavy atom. The molecule has 2 amide bonds. The number of hydrogen-bond donors (Lipinski definition) is 1. The molecule has 1 aliphatic rings. The number of benzene rings is 2. The van der Waals surface area contributed by atoms with Gasteiger partial charge in [0, 0.05) is 10.0 Å². The highest BCUT2D eigenvalue weighted by Gasteiger charge is 2.34. The molecule has 3 rings (SSSR count). The summed E-state index contributed by atoms with van der Waals surface area (Å²) in [5.41, 5.74) is 3.75. The number of thioether (sulfide) groups is 1. The quantitative estimate of drug-likeness (QED) is 0.250. The molecule has 0 bridgehead atoms. The number of nitrogens with one attached hydrogen (secondary N) is 1. The molecule has 2 aromatic carbocycles. The lowest BCUT2D eigenvalue weighted by Crippen LogP contribution is -2.44. The fraction of sp³-hybridized carbons (Fsp3) is 0.292. The highest BCUT2D eigenvalue weighted by atomic mass is 79.9. The number of amides is 2. The van der Waals surface area contributed by atoms with Crippen LogP contribution in [0, 0.1) is 5.92 Å². The molecule has 0 unspecified atom stereocenters. The molecular weight excluding hydrogens is 604 g/mol. The van der Waals surface area contributed by atoms with Gasteiger partial charge in [0.05, 0.1) is 22.6 Å². The van der Waals surface area contributed by atoms with Gasteiger partial charge >= 0.3 is 0 Å². The van der Waals surface area contributed by atoms with Gasteiger partial charge in [0.15, 0.2) is 15.8 Å². The number of rotatable bonds is 9. The van der Waals surface area contributed by atoms with Crippen molar-refractivity contribution in [3.63, 3.8) is 0 Å². The van der Waals surface area contributed by atoms with Crippen molar-refractivity contribution in [3.05, 3.63) is 61.4 Å². The maximum absolute atomic E-state index is 13.0. The normalized spacial score (nSPS) is 14.8. The second-order valence-corrected chi connectivity index (χ2v) is 11.2. The van der Waals surface area contributed by atoms with E-state index in [2.05, 4.69) is 51.1 Å². The van der Waals surface area contributed by atoms with Gasteiger partial charge in [-0.25, -0.2) is 0 Å². The summed E-state index contributed by atoms with van der Waals surface area (Å²) in [5.74, 6) is 0.931. The standard InChI is InChI=1S/C24H24Br2N2O4S2/c1-4-31-19-12-15(11-18(26)21(19)32-10-9-14(2)3)13-20-23(30)28(24(33)34-20)27-22(29)16-5-7-17(25)8-6-16/h5-8,11-14H,4,9-10H2,1-3H3,(H,27,29)/b20-13+. The van der Waals surface area contributed by atoms with Crippen LogP contribution >= 0.6 is 55.8 Å². The first kappa shape index (κ1) is 26.7. The van der Waals surface area contributed by atoms with Gasteiger partial charge in [0.1, 0.15) is 0 Å². The molecule has 10 heteroatoms. The first-order valence-corrected chi connectivity index (χ1v) is 13.4. The summed E-state index contributed by atoms with van der Waals surface area (Å²) in [5, 5.41) is 1.10. The van der Waals surface area contributed by atoms with Gasteiger partial charge in [-0.3, -0.25) is 15.0 Å². The smallest absolute Gasteiger partial charge is 0.285 e. The van der Waals surface area contributed by atoms with E-state index in [0.29, 0.717) is 41.1 Å². The highest BCUT2D eigenvalue weighted by Crippen LogP contribution is 2.39. The van der Waals surface area contributed by atoms with Gasteiger partial charge < -0.3 is 9.47 Å². The molecule has 2 aromatic rings. The summed E-state index contributed by atoms with van der Waals surface area (Å²) in [7, 11) is 0. The number of nitrogens with zero attached hydrogens (tertiary/aromatic N) is 1. The molecule has 1 fully saturated rings. The molecule has 6 nitrogen and oxygen atoms in total. The molecule has 0 saturated carbocycles. The summed E-state index contributed by atoms with van der Waals surface area (Å²) >= 11 is 13.4. The molecule has 1 N–H and O–H groups in total. The van der Waals surface area contributed by atoms with Crippen molar-refractivity contribution in [1.29, 1.82) is 0 Å². The maximum Gasteiger partial charge on any atom is 0.285 e. The van der Waals surface area contributed by atoms with E-state index in [0.717, 1.165) is 37.7 Å². The predicted molar refractivity (Wildman–Crippen MR) is 147 cm³/mol. The number of ether oxygens (including phenoxy) is 2. The first-order chi connectivity index (χ1) is 16.2. The maximum atomic E-state index is 13.0. The van der Waals surface area contributed by atoms with Crippen molar-refractivity contribution in [2.75, 3.05) is 13.2 Å². The predicted octanol–water partition coefficient (Wildman–Crippen LogP) is 6.58. The Kier molecular flexibility index (Phi) is 9.58. The van der Waals surface area contributed by atoms with Crippen LogP contribution in [-0.2, 0) is 4.79 Å². The van der Waals surface area contributed by atoms with Crippen molar-refractivity contribution in [1.82, 2.24) is 10.4 Å². The lowest BCUT2D eigenvalue weighted by atomic mass is 10.1. The van der Waals surface area contributed by atoms with Gasteiger partial charge in [0.2, 0.25) is 0 Å². The minimum atomic E-state index is -0.422. The van der Waals surface area contributed by atoms with Crippen molar-refractivity contribution in [3.8, 4) is 11.5 Å². The van der Waals surface area contributed by atoms with Crippen molar-refractivity contribution >= 4 is 78.1 Å². The Morgan fingerprint density at radius 2 is 1.91 bits per heavy atom. The number of hydrogen-bond acceptors (Lipinski definition) is 6. The van der Waals surface area contributed by atoms with E-state index in [4.69, 9.17) is 21.7 Å². The van der Waals surface area contributed by atoms with E-state index in [-0.39, 0.29) is 4.32 Å². The molecule has 1 aliphatic heterocycles. The lowest BCUT2D eigenvalue weighted by molar-refractivity contribution is -0.123. The zero-order valence-electron chi connectivity index (χ0n) is 18.9. The summed E-state index contributed by atoms with van der Waals surface area (Å²) in [6.45, 7) is 7.23. The van der Waals surface area contributed by atoms with Crippen LogP contribution in [0.2, 0.25) is 0 Å². The van der Waals surface area contributed by atoms with Gasteiger partial charge in [-0.2, -0.15) is 5.01 Å². The topological polar surface area (TPSA) is 67.9 Å². The van der Waals surface area contributed by atoms with Crippen molar-refractivity contribution < 1.29 is 19.1 Å². The fourth-order valence-electron chi connectivity index (χ4n) is 2.95. The van der Waals surface area contributed by atoms with E-state index < -0.39 is 11.8 Å². The van der Waals surface area contributed by atoms with E-state index in [1.165, 1.54) is 0 Å². The molecule has 34 heavy (non-hydrogen) atoms. The minimum absolute atomic E-state index is 0.249. The third-order valence-electron chi connectivity index (χ3n) is 4.68. The molecule has 0 atom stereocenters. The Bertz CT molecular complexity index is 1120. The SMILES string of the molecule is CCOc1cc(/C=C2/SC(=S)N(NC(=O)c3ccc(Br)cc3)C2=O)cc(Br)c1OCCC(C)C. The van der Waals surface area contributed by atoms with Crippen LogP contribution in [0.5, 0.6) is 11.5 Å². The third kappa shape index (κ3) is 6.84. The van der Waals surface area contributed by atoms with Crippen LogP contribution in [0.1, 0.15) is 43.1 Å². The summed E-state index contributed by atoms with van der Waals surface area (Å²) in [6, 6.07) is 10.5. The first-order valence-electron chi connectivity index (χ1n) is 10.6. The van der Waals surface area contributed by atoms with Gasteiger partial charge in [0.25, 0.3) is 11.8 Å². The minimum Gasteiger partial charge on any atom is -0.490 e. The number of carbonyl (C=O) groups is 2. The average Bonchev–Trinajstić information content (AvgIpc) is 3.03. The summed E-state index contributed by atoms with van der Waals surface area (Å²) in [4.78, 5) is 25.9. The second kappa shape index (κ2) is 12.2. The van der Waals surface area contributed by atoms with E-state index >= 15 is 0 Å². The average molecular weight is 628 g/mol. The Hall–Kier alpha value is -1.88. The van der Waals surface area contributed by atoms with Crippen LogP contribution in [0.25, 0.3) is 6.08 Å². The lowest BCUT2D eigenvalue weighted by Gasteiger charge is -2.16. The van der Waals surface area contributed by atoms with E-state index in [1.807, 2.05) is 19.1 Å². The molecule has 1 saturated heterocycles.